The summed E-state index contributed by atoms with van der Waals surface area (Å²) in [4.78, 5) is 14.7. The predicted octanol–water partition coefficient (Wildman–Crippen LogP) is 3.51. The van der Waals surface area contributed by atoms with Gasteiger partial charge in [0.25, 0.3) is 0 Å². The summed E-state index contributed by atoms with van der Waals surface area (Å²) < 4.78 is 5.43. The summed E-state index contributed by atoms with van der Waals surface area (Å²) in [5.41, 5.74) is 2.98. The van der Waals surface area contributed by atoms with Gasteiger partial charge in [0.05, 0.1) is 12.6 Å². The molecular weight excluding hydrogens is 352 g/mol. The molecule has 0 bridgehead atoms. The van der Waals surface area contributed by atoms with Gasteiger partial charge in [-0.25, -0.2) is 4.79 Å². The van der Waals surface area contributed by atoms with Crippen molar-refractivity contribution in [3.05, 3.63) is 71.3 Å². The van der Waals surface area contributed by atoms with Crippen LogP contribution in [0.15, 0.2) is 54.6 Å². The molecule has 0 unspecified atom stereocenters. The lowest BCUT2D eigenvalue weighted by Gasteiger charge is -2.38. The summed E-state index contributed by atoms with van der Waals surface area (Å²) in [6, 6.07) is 17.8. The molecule has 0 aliphatic carbocycles. The van der Waals surface area contributed by atoms with E-state index >= 15 is 0 Å². The molecule has 0 saturated carbocycles. The van der Waals surface area contributed by atoms with Crippen molar-refractivity contribution in [2.75, 3.05) is 33.4 Å². The molecule has 3 rings (SSSR count). The Kier molecular flexibility index (Phi) is 6.70. The second-order valence-electron chi connectivity index (χ2n) is 7.78. The fraction of sp³-hybridized carbons (Fsp3) is 0.435. The SMILES string of the molecule is Cc1ccccc1[C@@H](NC(=O)N(C)CC1(CO)CCOCC1)c1ccccc1. The number of carbonyl (C=O) groups is 1. The van der Waals surface area contributed by atoms with Crippen molar-refractivity contribution >= 4 is 6.03 Å². The molecule has 1 aliphatic rings. The number of nitrogens with one attached hydrogen (secondary N) is 1. The Balaban J connectivity index is 1.78. The van der Waals surface area contributed by atoms with E-state index in [-0.39, 0.29) is 24.1 Å². The van der Waals surface area contributed by atoms with Gasteiger partial charge in [0.2, 0.25) is 0 Å². The van der Waals surface area contributed by atoms with E-state index in [1.807, 2.05) is 42.5 Å². The molecule has 2 N–H and O–H groups in total. The molecule has 5 heteroatoms. The Morgan fingerprint density at radius 1 is 1.14 bits per heavy atom. The maximum absolute atomic E-state index is 13.0. The molecule has 2 aromatic carbocycles. The first-order valence-electron chi connectivity index (χ1n) is 9.85. The number of hydrogen-bond donors (Lipinski definition) is 2. The highest BCUT2D eigenvalue weighted by Gasteiger charge is 2.34. The Hall–Kier alpha value is -2.37. The molecule has 28 heavy (non-hydrogen) atoms. The summed E-state index contributed by atoms with van der Waals surface area (Å²) in [6.07, 6.45) is 1.53. The Labute approximate surface area is 167 Å². The molecule has 0 spiro atoms. The van der Waals surface area contributed by atoms with Crippen molar-refractivity contribution in [3.63, 3.8) is 0 Å². The van der Waals surface area contributed by atoms with Crippen molar-refractivity contribution in [3.8, 4) is 0 Å². The molecule has 0 aromatic heterocycles. The first-order chi connectivity index (χ1) is 13.5. The van der Waals surface area contributed by atoms with Crippen LogP contribution in [0.4, 0.5) is 4.79 Å². The Morgan fingerprint density at radius 3 is 2.43 bits per heavy atom. The van der Waals surface area contributed by atoms with Crippen LogP contribution in [-0.2, 0) is 4.74 Å². The summed E-state index contributed by atoms with van der Waals surface area (Å²) in [5.74, 6) is 0. The second kappa shape index (κ2) is 9.22. The number of rotatable bonds is 6. The number of nitrogens with zero attached hydrogens (tertiary/aromatic N) is 1. The second-order valence-corrected chi connectivity index (χ2v) is 7.78. The number of hydrogen-bond acceptors (Lipinski definition) is 3. The highest BCUT2D eigenvalue weighted by Crippen LogP contribution is 2.31. The van der Waals surface area contributed by atoms with Crippen LogP contribution < -0.4 is 5.32 Å². The molecule has 5 nitrogen and oxygen atoms in total. The number of aliphatic hydroxyl groups is 1. The third-order valence-corrected chi connectivity index (χ3v) is 5.71. The van der Waals surface area contributed by atoms with Gasteiger partial charge in [0, 0.05) is 32.2 Å². The van der Waals surface area contributed by atoms with Gasteiger partial charge in [-0.15, -0.1) is 0 Å². The topological polar surface area (TPSA) is 61.8 Å². The fourth-order valence-electron chi connectivity index (χ4n) is 3.88. The maximum atomic E-state index is 13.0. The average molecular weight is 383 g/mol. The number of ether oxygens (including phenoxy) is 1. The molecule has 1 fully saturated rings. The van der Waals surface area contributed by atoms with E-state index in [0.29, 0.717) is 19.8 Å². The summed E-state index contributed by atoms with van der Waals surface area (Å²) in [6.45, 7) is 3.89. The molecule has 150 valence electrons. The van der Waals surface area contributed by atoms with Gasteiger partial charge in [0.1, 0.15) is 0 Å². The molecule has 2 amide bonds. The minimum Gasteiger partial charge on any atom is -0.396 e. The van der Waals surface area contributed by atoms with Gasteiger partial charge in [-0.05, 0) is 36.5 Å². The first-order valence-corrected chi connectivity index (χ1v) is 9.85. The van der Waals surface area contributed by atoms with Gasteiger partial charge < -0.3 is 20.1 Å². The van der Waals surface area contributed by atoms with Gasteiger partial charge >= 0.3 is 6.03 Å². The highest BCUT2D eigenvalue weighted by molar-refractivity contribution is 5.75. The van der Waals surface area contributed by atoms with E-state index in [0.717, 1.165) is 29.5 Å². The van der Waals surface area contributed by atoms with Crippen LogP contribution in [0.25, 0.3) is 0 Å². The summed E-state index contributed by atoms with van der Waals surface area (Å²) in [7, 11) is 1.79. The van der Waals surface area contributed by atoms with Gasteiger partial charge in [-0.3, -0.25) is 0 Å². The quantitative estimate of drug-likeness (QED) is 0.804. The largest absolute Gasteiger partial charge is 0.396 e. The van der Waals surface area contributed by atoms with E-state index < -0.39 is 0 Å². The number of carbonyl (C=O) groups excluding carboxylic acids is 1. The van der Waals surface area contributed by atoms with E-state index in [4.69, 9.17) is 4.74 Å². The lowest BCUT2D eigenvalue weighted by Crippen LogP contribution is -2.48. The van der Waals surface area contributed by atoms with Crippen molar-refractivity contribution < 1.29 is 14.6 Å². The minimum atomic E-state index is -0.282. The zero-order valence-electron chi connectivity index (χ0n) is 16.7. The molecule has 2 aromatic rings. The number of urea groups is 1. The fourth-order valence-corrected chi connectivity index (χ4v) is 3.88. The Morgan fingerprint density at radius 2 is 1.79 bits per heavy atom. The molecule has 1 atom stereocenters. The third kappa shape index (κ3) is 4.72. The highest BCUT2D eigenvalue weighted by atomic mass is 16.5. The van der Waals surface area contributed by atoms with E-state index in [1.165, 1.54) is 0 Å². The van der Waals surface area contributed by atoms with Crippen LogP contribution in [0.3, 0.4) is 0 Å². The van der Waals surface area contributed by atoms with Gasteiger partial charge in [-0.2, -0.15) is 0 Å². The number of amides is 2. The van der Waals surface area contributed by atoms with Crippen molar-refractivity contribution in [2.24, 2.45) is 5.41 Å². The lowest BCUT2D eigenvalue weighted by molar-refractivity contribution is -0.0261. The molecule has 1 heterocycles. The van der Waals surface area contributed by atoms with Gasteiger partial charge in [0.15, 0.2) is 0 Å². The smallest absolute Gasteiger partial charge is 0.317 e. The number of benzene rings is 2. The van der Waals surface area contributed by atoms with E-state index in [1.54, 1.807) is 11.9 Å². The predicted molar refractivity (Wildman–Crippen MR) is 110 cm³/mol. The van der Waals surface area contributed by atoms with E-state index in [9.17, 15) is 9.90 Å². The summed E-state index contributed by atoms with van der Waals surface area (Å²) >= 11 is 0. The van der Waals surface area contributed by atoms with Crippen LogP contribution in [-0.4, -0.2) is 49.5 Å². The molecule has 1 aliphatic heterocycles. The maximum Gasteiger partial charge on any atom is 0.317 e. The van der Waals surface area contributed by atoms with Crippen LogP contribution in [0.5, 0.6) is 0 Å². The number of aliphatic hydroxyl groups excluding tert-OH is 1. The third-order valence-electron chi connectivity index (χ3n) is 5.71. The molecular formula is C23H30N2O3. The van der Waals surface area contributed by atoms with Crippen LogP contribution in [0, 0.1) is 12.3 Å². The summed E-state index contributed by atoms with van der Waals surface area (Å²) in [5, 5.41) is 13.1. The van der Waals surface area contributed by atoms with Crippen molar-refractivity contribution in [1.29, 1.82) is 0 Å². The monoisotopic (exact) mass is 382 g/mol. The lowest BCUT2D eigenvalue weighted by atomic mass is 9.80. The Bertz CT molecular complexity index is 772. The van der Waals surface area contributed by atoms with Crippen LogP contribution in [0.1, 0.15) is 35.6 Å². The van der Waals surface area contributed by atoms with Crippen LogP contribution >= 0.6 is 0 Å². The normalized spacial score (nSPS) is 17.0. The van der Waals surface area contributed by atoms with E-state index in [2.05, 4.69) is 24.4 Å². The van der Waals surface area contributed by atoms with Crippen LogP contribution in [0.2, 0.25) is 0 Å². The first kappa shape index (κ1) is 20.4. The average Bonchev–Trinajstić information content (AvgIpc) is 2.73. The van der Waals surface area contributed by atoms with Crippen molar-refractivity contribution in [2.45, 2.75) is 25.8 Å². The number of aryl methyl sites for hydroxylation is 1. The minimum absolute atomic E-state index is 0.0634. The van der Waals surface area contributed by atoms with Crippen molar-refractivity contribution in [1.82, 2.24) is 10.2 Å². The molecule has 0 radical (unpaired) electrons. The zero-order chi connectivity index (χ0) is 20.0. The standard InChI is InChI=1S/C23H30N2O3/c1-18-8-6-7-11-20(18)21(19-9-4-3-5-10-19)24-22(27)25(2)16-23(17-26)12-14-28-15-13-23/h3-11,21,26H,12-17H2,1-2H3,(H,24,27)/t21-/m0/s1. The molecule has 1 saturated heterocycles. The zero-order valence-corrected chi connectivity index (χ0v) is 16.7. The van der Waals surface area contributed by atoms with Gasteiger partial charge in [-0.1, -0.05) is 54.6 Å².